The van der Waals surface area contributed by atoms with Gasteiger partial charge in [-0.05, 0) is 41.5 Å². The van der Waals surface area contributed by atoms with Gasteiger partial charge in [0.25, 0.3) is 0 Å². The smallest absolute Gasteiger partial charge is 0.408 e. The summed E-state index contributed by atoms with van der Waals surface area (Å²) >= 11 is 0. The number of carbonyl (C=O) groups excluding carboxylic acids is 2. The molecule has 0 aromatic carbocycles. The van der Waals surface area contributed by atoms with Gasteiger partial charge in [0.15, 0.2) is 5.82 Å². The van der Waals surface area contributed by atoms with E-state index in [4.69, 9.17) is 4.74 Å². The predicted octanol–water partition coefficient (Wildman–Crippen LogP) is 1.46. The molecule has 8 heteroatoms. The third kappa shape index (κ3) is 5.90. The molecule has 1 aromatic rings. The highest BCUT2D eigenvalue weighted by molar-refractivity contribution is 5.95. The van der Waals surface area contributed by atoms with Crippen LogP contribution in [0.2, 0.25) is 0 Å². The number of nitrogens with one attached hydrogen (secondary N) is 2. The Morgan fingerprint density at radius 1 is 1.35 bits per heavy atom. The van der Waals surface area contributed by atoms with Gasteiger partial charge >= 0.3 is 6.09 Å². The number of nitrogens with zero attached hydrogens (tertiary/aromatic N) is 2. The van der Waals surface area contributed by atoms with Crippen molar-refractivity contribution in [1.29, 1.82) is 0 Å². The number of hydrogen-bond acceptors (Lipinski definition) is 5. The highest BCUT2D eigenvalue weighted by Gasteiger charge is 2.23. The average molecular weight is 326 g/mol. The zero-order valence-electron chi connectivity index (χ0n) is 14.5. The van der Waals surface area contributed by atoms with Crippen molar-refractivity contribution in [1.82, 2.24) is 14.9 Å². The van der Waals surface area contributed by atoms with E-state index in [2.05, 4.69) is 15.6 Å². The van der Waals surface area contributed by atoms with Crippen molar-refractivity contribution >= 4 is 17.8 Å². The molecule has 23 heavy (non-hydrogen) atoms. The normalized spacial score (nSPS) is 13.3. The Bertz CT molecular complexity index is 560. The summed E-state index contributed by atoms with van der Waals surface area (Å²) in [6, 6.07) is -0.777. The molecule has 1 aromatic heterocycles. The van der Waals surface area contributed by atoms with Gasteiger partial charge < -0.3 is 25.0 Å². The molecule has 0 radical (unpaired) electrons. The zero-order valence-corrected chi connectivity index (χ0v) is 14.5. The second-order valence-electron chi connectivity index (χ2n) is 6.99. The van der Waals surface area contributed by atoms with Crippen LogP contribution in [0.3, 0.4) is 0 Å². The molecule has 1 atom stereocenters. The highest BCUT2D eigenvalue weighted by atomic mass is 16.6. The maximum Gasteiger partial charge on any atom is 0.408 e. The molecule has 130 valence electrons. The summed E-state index contributed by atoms with van der Waals surface area (Å²) in [5.74, 6) is -0.0720. The third-order valence-electron chi connectivity index (χ3n) is 3.05. The monoisotopic (exact) mass is 326 g/mol. The fourth-order valence-electron chi connectivity index (χ4n) is 1.58. The maximum absolute atomic E-state index is 12.1. The summed E-state index contributed by atoms with van der Waals surface area (Å²) in [5, 5.41) is 14.4. The summed E-state index contributed by atoms with van der Waals surface area (Å²) in [5.41, 5.74) is -1.15. The number of aliphatic hydroxyl groups excluding tert-OH is 1. The summed E-state index contributed by atoms with van der Waals surface area (Å²) in [7, 11) is 0. The van der Waals surface area contributed by atoms with Crippen LogP contribution in [0.15, 0.2) is 12.5 Å². The number of ether oxygens (including phenoxy) is 1. The average Bonchev–Trinajstić information content (AvgIpc) is 2.85. The summed E-state index contributed by atoms with van der Waals surface area (Å²) in [4.78, 5) is 27.8. The van der Waals surface area contributed by atoms with Gasteiger partial charge in [-0.3, -0.25) is 4.79 Å². The van der Waals surface area contributed by atoms with E-state index >= 15 is 0 Å². The summed E-state index contributed by atoms with van der Waals surface area (Å²) < 4.78 is 6.80. The molecule has 0 saturated carbocycles. The molecular weight excluding hydrogens is 300 g/mol. The lowest BCUT2D eigenvalue weighted by molar-refractivity contribution is -0.117. The molecule has 0 bridgehead atoms. The minimum absolute atomic E-state index is 0.0622. The molecule has 3 N–H and O–H groups in total. The SMILES string of the molecule is C[C@@H](NC(=O)OC(C)(C)C)C(=O)Nc1cn(C(C)(C)CO)cn1. The van der Waals surface area contributed by atoms with Gasteiger partial charge in [0, 0.05) is 6.20 Å². The van der Waals surface area contributed by atoms with Crippen molar-refractivity contribution in [2.75, 3.05) is 11.9 Å². The van der Waals surface area contributed by atoms with Crippen LogP contribution in [0.1, 0.15) is 41.5 Å². The van der Waals surface area contributed by atoms with E-state index in [1.54, 1.807) is 38.5 Å². The van der Waals surface area contributed by atoms with Crippen LogP contribution >= 0.6 is 0 Å². The van der Waals surface area contributed by atoms with Gasteiger partial charge in [0.2, 0.25) is 5.91 Å². The third-order valence-corrected chi connectivity index (χ3v) is 3.05. The number of aliphatic hydroxyl groups is 1. The molecule has 0 aliphatic heterocycles. The maximum atomic E-state index is 12.1. The second-order valence-corrected chi connectivity index (χ2v) is 6.99. The van der Waals surface area contributed by atoms with Crippen molar-refractivity contribution < 1.29 is 19.4 Å². The lowest BCUT2D eigenvalue weighted by Crippen LogP contribution is -2.44. The van der Waals surface area contributed by atoms with Gasteiger partial charge in [-0.15, -0.1) is 0 Å². The Morgan fingerprint density at radius 2 is 1.96 bits per heavy atom. The van der Waals surface area contributed by atoms with E-state index in [0.29, 0.717) is 5.82 Å². The highest BCUT2D eigenvalue weighted by Crippen LogP contribution is 2.16. The Kier molecular flexibility index (Phi) is 5.76. The molecule has 0 aliphatic carbocycles. The van der Waals surface area contributed by atoms with Crippen molar-refractivity contribution in [2.24, 2.45) is 0 Å². The van der Waals surface area contributed by atoms with Crippen LogP contribution < -0.4 is 10.6 Å². The zero-order chi connectivity index (χ0) is 17.8. The van der Waals surface area contributed by atoms with Crippen molar-refractivity contribution in [3.8, 4) is 0 Å². The number of alkyl carbamates (subject to hydrolysis) is 1. The Morgan fingerprint density at radius 3 is 2.48 bits per heavy atom. The van der Waals surface area contributed by atoms with Gasteiger partial charge in [0.05, 0.1) is 18.5 Å². The topological polar surface area (TPSA) is 105 Å². The fourth-order valence-corrected chi connectivity index (χ4v) is 1.58. The number of aromatic nitrogens is 2. The quantitative estimate of drug-likeness (QED) is 0.760. The van der Waals surface area contributed by atoms with Crippen LogP contribution in [0.4, 0.5) is 10.6 Å². The van der Waals surface area contributed by atoms with Gasteiger partial charge in [0.1, 0.15) is 11.6 Å². The fraction of sp³-hybridized carbons (Fsp3) is 0.667. The van der Waals surface area contributed by atoms with E-state index in [9.17, 15) is 14.7 Å². The minimum atomic E-state index is -0.777. The van der Waals surface area contributed by atoms with Gasteiger partial charge in [-0.1, -0.05) is 0 Å². The first kappa shape index (κ1) is 19.0. The van der Waals surface area contributed by atoms with Crippen LogP contribution in [0.5, 0.6) is 0 Å². The van der Waals surface area contributed by atoms with Crippen LogP contribution in [-0.2, 0) is 15.1 Å². The second kappa shape index (κ2) is 6.99. The first-order valence-electron chi connectivity index (χ1n) is 7.40. The summed E-state index contributed by atoms with van der Waals surface area (Å²) in [6.07, 6.45) is 2.48. The lowest BCUT2D eigenvalue weighted by Gasteiger charge is -2.23. The molecule has 0 aliphatic rings. The molecule has 0 saturated heterocycles. The van der Waals surface area contributed by atoms with E-state index in [0.717, 1.165) is 0 Å². The minimum Gasteiger partial charge on any atom is -0.444 e. The predicted molar refractivity (Wildman–Crippen MR) is 86.1 cm³/mol. The van der Waals surface area contributed by atoms with Crippen LogP contribution in [0.25, 0.3) is 0 Å². The molecule has 0 spiro atoms. The first-order chi connectivity index (χ1) is 10.4. The largest absolute Gasteiger partial charge is 0.444 e. The van der Waals surface area contributed by atoms with Crippen LogP contribution in [-0.4, -0.2) is 44.9 Å². The molecule has 2 amide bonds. The number of amides is 2. The number of rotatable bonds is 5. The van der Waals surface area contributed by atoms with Crippen molar-refractivity contribution in [3.63, 3.8) is 0 Å². The number of anilines is 1. The van der Waals surface area contributed by atoms with Crippen molar-refractivity contribution in [2.45, 2.75) is 58.7 Å². The van der Waals surface area contributed by atoms with Gasteiger partial charge in [-0.2, -0.15) is 0 Å². The number of hydrogen-bond donors (Lipinski definition) is 3. The van der Waals surface area contributed by atoms with E-state index in [1.165, 1.54) is 6.33 Å². The summed E-state index contributed by atoms with van der Waals surface area (Å²) in [6.45, 7) is 10.4. The molecule has 8 nitrogen and oxygen atoms in total. The van der Waals surface area contributed by atoms with E-state index in [-0.39, 0.29) is 6.61 Å². The number of carbonyl (C=O) groups is 2. The van der Waals surface area contributed by atoms with Gasteiger partial charge in [-0.25, -0.2) is 9.78 Å². The lowest BCUT2D eigenvalue weighted by atomic mass is 10.1. The Labute approximate surface area is 136 Å². The Hall–Kier alpha value is -2.09. The van der Waals surface area contributed by atoms with E-state index < -0.39 is 29.2 Å². The Balaban J connectivity index is 2.61. The standard InChI is InChI=1S/C15H26N4O4/c1-10(17-13(22)23-14(2,3)4)12(21)18-11-7-19(9-16-11)15(5,6)8-20/h7,9-10,20H,8H2,1-6H3,(H,17,22)(H,18,21)/t10-/m1/s1. The molecule has 0 unspecified atom stereocenters. The molecule has 1 heterocycles. The van der Waals surface area contributed by atoms with Crippen molar-refractivity contribution in [3.05, 3.63) is 12.5 Å². The first-order valence-corrected chi connectivity index (χ1v) is 7.40. The van der Waals surface area contributed by atoms with Crippen LogP contribution in [0, 0.1) is 0 Å². The molecule has 0 fully saturated rings. The number of imidazole rings is 1. The molecule has 1 rings (SSSR count). The van der Waals surface area contributed by atoms with E-state index in [1.807, 2.05) is 13.8 Å². The molecular formula is C15H26N4O4.